The third kappa shape index (κ3) is 4.16. The number of rotatable bonds is 7. The van der Waals surface area contributed by atoms with Gasteiger partial charge in [-0.15, -0.1) is 0 Å². The fourth-order valence-electron chi connectivity index (χ4n) is 3.69. The van der Waals surface area contributed by atoms with Crippen molar-refractivity contribution in [3.63, 3.8) is 0 Å². The molecule has 0 unspecified atom stereocenters. The van der Waals surface area contributed by atoms with Crippen molar-refractivity contribution in [3.05, 3.63) is 53.6 Å². The minimum atomic E-state index is -1.26. The fourth-order valence-corrected chi connectivity index (χ4v) is 3.69. The number of β-amino-alcohol motifs (C(OH)–C–C–N with tert-alkyl or cyclic N) is 1. The van der Waals surface area contributed by atoms with E-state index in [9.17, 15) is 14.7 Å². The molecule has 0 radical (unpaired) electrons. The number of hydrogen-bond acceptors (Lipinski definition) is 6. The molecule has 4 rings (SSSR count). The number of aliphatic hydroxyl groups is 1. The number of fused-ring (bicyclic) bond motifs is 1. The van der Waals surface area contributed by atoms with Crippen LogP contribution in [0.5, 0.6) is 17.2 Å². The van der Waals surface area contributed by atoms with Crippen LogP contribution in [-0.2, 0) is 16.8 Å². The van der Waals surface area contributed by atoms with Crippen molar-refractivity contribution in [1.29, 1.82) is 0 Å². The Morgan fingerprint density at radius 2 is 1.84 bits per heavy atom. The molecule has 164 valence electrons. The van der Waals surface area contributed by atoms with Gasteiger partial charge in [0, 0.05) is 0 Å². The zero-order chi connectivity index (χ0) is 22.0. The van der Waals surface area contributed by atoms with Crippen LogP contribution < -0.4 is 19.5 Å². The summed E-state index contributed by atoms with van der Waals surface area (Å²) in [5.41, 5.74) is 0.508. The van der Waals surface area contributed by atoms with E-state index >= 15 is 0 Å². The van der Waals surface area contributed by atoms with Crippen molar-refractivity contribution in [2.75, 3.05) is 26.4 Å². The predicted octanol–water partition coefficient (Wildman–Crippen LogP) is 2.23. The molecule has 31 heavy (non-hydrogen) atoms. The summed E-state index contributed by atoms with van der Waals surface area (Å²) in [5.74, 6) is 1.31. The van der Waals surface area contributed by atoms with Crippen LogP contribution >= 0.6 is 0 Å². The Hall–Kier alpha value is -3.26. The minimum absolute atomic E-state index is 0.0384. The first kappa shape index (κ1) is 21.0. The van der Waals surface area contributed by atoms with Crippen LogP contribution in [0, 0.1) is 0 Å². The van der Waals surface area contributed by atoms with Crippen molar-refractivity contribution in [2.45, 2.75) is 31.9 Å². The van der Waals surface area contributed by atoms with Gasteiger partial charge in [0.2, 0.25) is 0 Å². The Labute approximate surface area is 180 Å². The monoisotopic (exact) mass is 426 g/mol. The number of aryl methyl sites for hydroxylation is 1. The van der Waals surface area contributed by atoms with Crippen LogP contribution in [0.1, 0.15) is 25.0 Å². The average Bonchev–Trinajstić information content (AvgIpc) is 3.01. The van der Waals surface area contributed by atoms with Crippen molar-refractivity contribution >= 4 is 11.9 Å². The molecule has 1 fully saturated rings. The molecule has 0 aliphatic carbocycles. The van der Waals surface area contributed by atoms with E-state index in [1.165, 1.54) is 5.56 Å². The number of benzene rings is 2. The van der Waals surface area contributed by atoms with Crippen molar-refractivity contribution in [3.8, 4) is 17.2 Å². The van der Waals surface area contributed by atoms with Crippen LogP contribution in [0.2, 0.25) is 0 Å². The second-order valence-corrected chi connectivity index (χ2v) is 7.79. The summed E-state index contributed by atoms with van der Waals surface area (Å²) < 4.78 is 16.7. The van der Waals surface area contributed by atoms with E-state index in [1.807, 2.05) is 24.3 Å². The van der Waals surface area contributed by atoms with Gasteiger partial charge in [-0.05, 0) is 48.7 Å². The lowest BCUT2D eigenvalue weighted by atomic mass is 9.91. The van der Waals surface area contributed by atoms with E-state index in [1.54, 1.807) is 25.1 Å². The summed E-state index contributed by atoms with van der Waals surface area (Å²) in [6.07, 6.45) is -0.0970. The van der Waals surface area contributed by atoms with Gasteiger partial charge in [-0.1, -0.05) is 25.1 Å². The number of carbonyl (C=O) groups is 2. The maximum Gasteiger partial charge on any atom is 0.325 e. The lowest BCUT2D eigenvalue weighted by Gasteiger charge is -2.25. The second kappa shape index (κ2) is 8.47. The normalized spacial score (nSPS) is 21.1. The molecule has 2 heterocycles. The van der Waals surface area contributed by atoms with Gasteiger partial charge in [-0.25, -0.2) is 4.79 Å². The molecule has 0 aromatic heterocycles. The van der Waals surface area contributed by atoms with Crippen molar-refractivity contribution in [2.24, 2.45) is 0 Å². The summed E-state index contributed by atoms with van der Waals surface area (Å²) >= 11 is 0. The third-order valence-corrected chi connectivity index (χ3v) is 5.56. The second-order valence-electron chi connectivity index (χ2n) is 7.79. The standard InChI is InChI=1S/C23H26N2O6/c1-3-15-4-7-18(8-5-15)31-14-17(26)13-25-21(27)23(2,24-22(25)28)16-6-9-19-20(12-16)30-11-10-29-19/h4-9,12,17,26H,3,10-11,13-14H2,1-2H3,(H,24,28)/t17-,23-/m0/s1. The van der Waals surface area contributed by atoms with E-state index in [0.29, 0.717) is 36.0 Å². The first-order valence-electron chi connectivity index (χ1n) is 10.3. The number of hydrogen-bond donors (Lipinski definition) is 2. The quantitative estimate of drug-likeness (QED) is 0.659. The van der Waals surface area contributed by atoms with Gasteiger partial charge < -0.3 is 24.6 Å². The average molecular weight is 426 g/mol. The zero-order valence-electron chi connectivity index (χ0n) is 17.6. The predicted molar refractivity (Wildman–Crippen MR) is 112 cm³/mol. The summed E-state index contributed by atoms with van der Waals surface area (Å²) in [6.45, 7) is 4.39. The molecular weight excluding hydrogens is 400 g/mol. The smallest absolute Gasteiger partial charge is 0.325 e. The largest absolute Gasteiger partial charge is 0.491 e. The maximum atomic E-state index is 13.1. The topological polar surface area (TPSA) is 97.3 Å². The van der Waals surface area contributed by atoms with E-state index in [0.717, 1.165) is 11.3 Å². The zero-order valence-corrected chi connectivity index (χ0v) is 17.6. The minimum Gasteiger partial charge on any atom is -0.491 e. The number of aliphatic hydroxyl groups excluding tert-OH is 1. The van der Waals surface area contributed by atoms with Crippen LogP contribution in [0.3, 0.4) is 0 Å². The first-order chi connectivity index (χ1) is 14.9. The van der Waals surface area contributed by atoms with E-state index in [-0.39, 0.29) is 13.2 Å². The number of amides is 3. The van der Waals surface area contributed by atoms with Crippen LogP contribution in [0.15, 0.2) is 42.5 Å². The fraction of sp³-hybridized carbons (Fsp3) is 0.391. The number of carbonyl (C=O) groups excluding carboxylic acids is 2. The van der Waals surface area contributed by atoms with Gasteiger partial charge in [0.1, 0.15) is 37.2 Å². The summed E-state index contributed by atoms with van der Waals surface area (Å²) in [7, 11) is 0. The van der Waals surface area contributed by atoms with Crippen LogP contribution in [0.25, 0.3) is 0 Å². The number of imide groups is 1. The van der Waals surface area contributed by atoms with E-state index in [2.05, 4.69) is 12.2 Å². The molecule has 2 aliphatic heterocycles. The van der Waals surface area contributed by atoms with Gasteiger partial charge in [-0.2, -0.15) is 0 Å². The van der Waals surface area contributed by atoms with Gasteiger partial charge in [0.15, 0.2) is 11.5 Å². The molecule has 0 spiro atoms. The van der Waals surface area contributed by atoms with E-state index < -0.39 is 23.6 Å². The molecule has 2 atom stereocenters. The molecule has 2 aromatic carbocycles. The van der Waals surface area contributed by atoms with Crippen molar-refractivity contribution < 1.29 is 28.9 Å². The summed E-state index contributed by atoms with van der Waals surface area (Å²) in [4.78, 5) is 26.7. The molecule has 0 saturated carbocycles. The Kier molecular flexibility index (Phi) is 5.73. The Bertz CT molecular complexity index is 977. The maximum absolute atomic E-state index is 13.1. The molecule has 2 N–H and O–H groups in total. The molecule has 2 aromatic rings. The molecule has 3 amide bonds. The Morgan fingerprint density at radius 3 is 2.55 bits per heavy atom. The van der Waals surface area contributed by atoms with Gasteiger partial charge in [-0.3, -0.25) is 9.69 Å². The van der Waals surface area contributed by atoms with E-state index in [4.69, 9.17) is 14.2 Å². The lowest BCUT2D eigenvalue weighted by Crippen LogP contribution is -2.42. The van der Waals surface area contributed by atoms with Crippen molar-refractivity contribution in [1.82, 2.24) is 10.2 Å². The molecule has 1 saturated heterocycles. The highest BCUT2D eigenvalue weighted by Crippen LogP contribution is 2.36. The highest BCUT2D eigenvalue weighted by atomic mass is 16.6. The highest BCUT2D eigenvalue weighted by Gasteiger charge is 2.49. The third-order valence-electron chi connectivity index (χ3n) is 5.56. The SMILES string of the molecule is CCc1ccc(OC[C@@H](O)CN2C(=O)N[C@@](C)(c3ccc4c(c3)OCCO4)C2=O)cc1. The van der Waals surface area contributed by atoms with Crippen LogP contribution in [0.4, 0.5) is 4.79 Å². The first-order valence-corrected chi connectivity index (χ1v) is 10.3. The highest BCUT2D eigenvalue weighted by molar-refractivity contribution is 6.07. The summed E-state index contributed by atoms with van der Waals surface area (Å²) in [6, 6.07) is 12.2. The number of ether oxygens (including phenoxy) is 3. The van der Waals surface area contributed by atoms with Gasteiger partial charge in [0.05, 0.1) is 6.54 Å². The Morgan fingerprint density at radius 1 is 1.13 bits per heavy atom. The number of nitrogens with zero attached hydrogens (tertiary/aromatic N) is 1. The van der Waals surface area contributed by atoms with Gasteiger partial charge in [0.25, 0.3) is 5.91 Å². The summed E-state index contributed by atoms with van der Waals surface area (Å²) in [5, 5.41) is 13.1. The lowest BCUT2D eigenvalue weighted by molar-refractivity contribution is -0.132. The number of nitrogens with one attached hydrogen (secondary N) is 1. The molecule has 0 bridgehead atoms. The van der Waals surface area contributed by atoms with Crippen LogP contribution in [-0.4, -0.2) is 54.4 Å². The molecule has 8 nitrogen and oxygen atoms in total. The van der Waals surface area contributed by atoms with Gasteiger partial charge >= 0.3 is 6.03 Å². The molecule has 2 aliphatic rings. The Balaban J connectivity index is 1.41. The molecule has 8 heteroatoms. The molecular formula is C23H26N2O6. The number of urea groups is 1.